The minimum absolute atomic E-state index is 0. The van der Waals surface area contributed by atoms with Gasteiger partial charge in [0.2, 0.25) is 0 Å². The molecule has 0 aliphatic carbocycles. The Bertz CT molecular complexity index is 227. The molecule has 0 rings (SSSR count). The zero-order valence-electron chi connectivity index (χ0n) is 4.61. The van der Waals surface area contributed by atoms with E-state index in [4.69, 9.17) is 10.3 Å². The molecule has 0 amide bonds. The molecule has 0 bridgehead atoms. The van der Waals surface area contributed by atoms with E-state index in [2.05, 4.69) is 5.73 Å². The topological polar surface area (TPSA) is 80.4 Å². The molecule has 0 unspecified atom stereocenters. The van der Waals surface area contributed by atoms with Gasteiger partial charge in [-0.3, -0.25) is 4.55 Å². The predicted octanol–water partition coefficient (Wildman–Crippen LogP) is -1.15. The Hall–Kier alpha value is 0.390. The third-order valence-electron chi connectivity index (χ3n) is 0.453. The van der Waals surface area contributed by atoms with E-state index in [-0.39, 0.29) is 36.1 Å². The zero-order chi connectivity index (χ0) is 7.33. The van der Waals surface area contributed by atoms with Crippen LogP contribution in [0, 0.1) is 0 Å². The van der Waals surface area contributed by atoms with Crippen LogP contribution in [0.4, 0.5) is 0 Å². The van der Waals surface area contributed by atoms with Crippen molar-refractivity contribution in [2.75, 3.05) is 6.54 Å². The summed E-state index contributed by atoms with van der Waals surface area (Å²) in [5.41, 5.74) is 7.11. The van der Waals surface area contributed by atoms with Crippen LogP contribution in [0.3, 0.4) is 0 Å². The maximum absolute atomic E-state index is 9.88. The predicted molar refractivity (Wildman–Crippen MR) is 40.4 cm³/mol. The van der Waals surface area contributed by atoms with Gasteiger partial charge < -0.3 is 5.73 Å². The van der Waals surface area contributed by atoms with Crippen LogP contribution in [0.1, 0.15) is 0 Å². The fourth-order valence-electron chi connectivity index (χ4n) is 0.202. The first-order valence-electron chi connectivity index (χ1n) is 2.15. The molecule has 0 aromatic rings. The zero-order valence-corrected chi connectivity index (χ0v) is 5.43. The van der Waals surface area contributed by atoms with Gasteiger partial charge >= 0.3 is 29.6 Å². The van der Waals surface area contributed by atoms with Gasteiger partial charge in [-0.2, -0.15) is 8.42 Å². The fraction of sp³-hybridized carbons (Fsp3) is 0.250. The second-order valence-corrected chi connectivity index (χ2v) is 2.50. The van der Waals surface area contributed by atoms with Crippen LogP contribution in [0.5, 0.6) is 0 Å². The fourth-order valence-corrected chi connectivity index (χ4v) is 0.470. The molecule has 0 saturated heterocycles. The molecule has 0 spiro atoms. The summed E-state index contributed by atoms with van der Waals surface area (Å²) in [4.78, 5) is 0. The van der Waals surface area contributed by atoms with E-state index in [0.717, 1.165) is 0 Å². The van der Waals surface area contributed by atoms with Crippen molar-refractivity contribution in [3.63, 3.8) is 0 Å². The summed E-state index contributed by atoms with van der Waals surface area (Å²) in [6, 6.07) is 0. The molecule has 0 aromatic carbocycles. The monoisotopic (exact) mass is 173 g/mol. The molecular formula is C4H8NNaO3S. The standard InChI is InChI=1S/C4H7NO3S.Na.H/c5-3-1-2-4-9(6,7)8;;/h1,4H,3,5H2,(H,6,7,8);;. The molecule has 0 atom stereocenters. The number of hydrogen-bond donors (Lipinski definition) is 2. The quantitative estimate of drug-likeness (QED) is 0.314. The van der Waals surface area contributed by atoms with Crippen LogP contribution in [-0.2, 0) is 10.1 Å². The van der Waals surface area contributed by atoms with Gasteiger partial charge in [0, 0.05) is 6.54 Å². The Morgan fingerprint density at radius 1 is 1.60 bits per heavy atom. The maximum atomic E-state index is 9.88. The van der Waals surface area contributed by atoms with Gasteiger partial charge in [0.15, 0.2) is 0 Å². The van der Waals surface area contributed by atoms with Gasteiger partial charge in [-0.1, -0.05) is 0 Å². The third kappa shape index (κ3) is 11.2. The molecule has 3 N–H and O–H groups in total. The Balaban J connectivity index is 0. The summed E-state index contributed by atoms with van der Waals surface area (Å²) >= 11 is 0. The number of nitrogens with two attached hydrogens (primary N) is 1. The van der Waals surface area contributed by atoms with Crippen LogP contribution in [0.2, 0.25) is 0 Å². The molecule has 4 nitrogen and oxygen atoms in total. The second kappa shape index (κ2) is 6.12. The van der Waals surface area contributed by atoms with E-state index in [1.54, 1.807) is 0 Å². The summed E-state index contributed by atoms with van der Waals surface area (Å²) in [5, 5.41) is 0.542. The van der Waals surface area contributed by atoms with Gasteiger partial charge in [0.05, 0.1) is 5.41 Å². The van der Waals surface area contributed by atoms with Crippen LogP contribution in [0.15, 0.2) is 17.2 Å². The summed E-state index contributed by atoms with van der Waals surface area (Å²) in [7, 11) is -4.02. The van der Waals surface area contributed by atoms with Crippen molar-refractivity contribution < 1.29 is 13.0 Å². The molecule has 0 saturated carbocycles. The Kier molecular flexibility index (Phi) is 7.97. The van der Waals surface area contributed by atoms with E-state index in [1.165, 1.54) is 6.08 Å². The van der Waals surface area contributed by atoms with Gasteiger partial charge in [-0.25, -0.2) is 0 Å². The van der Waals surface area contributed by atoms with Crippen molar-refractivity contribution in [2.24, 2.45) is 5.73 Å². The van der Waals surface area contributed by atoms with Gasteiger partial charge in [-0.15, -0.1) is 5.73 Å². The summed E-state index contributed by atoms with van der Waals surface area (Å²) in [5.74, 6) is 0. The van der Waals surface area contributed by atoms with Gasteiger partial charge in [-0.05, 0) is 6.08 Å². The van der Waals surface area contributed by atoms with Gasteiger partial charge in [0.25, 0.3) is 10.1 Å². The van der Waals surface area contributed by atoms with Crippen molar-refractivity contribution in [1.29, 1.82) is 0 Å². The second-order valence-electron chi connectivity index (χ2n) is 1.24. The molecule has 0 heterocycles. The average molecular weight is 173 g/mol. The first-order valence-corrected chi connectivity index (χ1v) is 3.65. The molecule has 0 fully saturated rings. The normalized spacial score (nSPS) is 9.00. The number of rotatable bonds is 2. The minimum atomic E-state index is -4.02. The summed E-state index contributed by atoms with van der Waals surface area (Å²) in [6.45, 7) is 0.200. The molecule has 0 aliphatic rings. The van der Waals surface area contributed by atoms with E-state index >= 15 is 0 Å². The van der Waals surface area contributed by atoms with Crippen LogP contribution >= 0.6 is 0 Å². The van der Waals surface area contributed by atoms with Gasteiger partial charge in [0.1, 0.15) is 0 Å². The van der Waals surface area contributed by atoms with E-state index in [0.29, 0.717) is 5.41 Å². The molecule has 0 aliphatic heterocycles. The van der Waals surface area contributed by atoms with Crippen LogP contribution in [0.25, 0.3) is 0 Å². The van der Waals surface area contributed by atoms with Crippen molar-refractivity contribution in [3.8, 4) is 0 Å². The molecule has 0 radical (unpaired) electrons. The Labute approximate surface area is 81.8 Å². The molecule has 6 heteroatoms. The van der Waals surface area contributed by atoms with Crippen molar-refractivity contribution >= 4 is 39.7 Å². The van der Waals surface area contributed by atoms with E-state index in [9.17, 15) is 8.42 Å². The molecular weight excluding hydrogens is 165 g/mol. The molecule has 54 valence electrons. The summed E-state index contributed by atoms with van der Waals surface area (Å²) in [6.07, 6.45) is 1.29. The van der Waals surface area contributed by atoms with Crippen molar-refractivity contribution in [2.45, 2.75) is 0 Å². The van der Waals surface area contributed by atoms with Crippen LogP contribution in [-0.4, -0.2) is 49.1 Å². The molecule has 10 heavy (non-hydrogen) atoms. The Morgan fingerprint density at radius 3 is 2.40 bits per heavy atom. The summed E-state index contributed by atoms with van der Waals surface area (Å²) < 4.78 is 27.8. The van der Waals surface area contributed by atoms with Crippen molar-refractivity contribution in [1.82, 2.24) is 0 Å². The molecule has 0 aromatic heterocycles. The Morgan fingerprint density at radius 2 is 2.10 bits per heavy atom. The van der Waals surface area contributed by atoms with Crippen LogP contribution < -0.4 is 5.73 Å². The SMILES string of the molecule is NCC=C=CS(=O)(=O)O.[NaH]. The van der Waals surface area contributed by atoms with Crippen molar-refractivity contribution in [3.05, 3.63) is 17.2 Å². The first kappa shape index (κ1) is 13.0. The van der Waals surface area contributed by atoms with E-state index < -0.39 is 10.1 Å². The number of hydrogen-bond acceptors (Lipinski definition) is 3. The third-order valence-corrected chi connectivity index (χ3v) is 0.887. The van der Waals surface area contributed by atoms with E-state index in [1.807, 2.05) is 0 Å². The average Bonchev–Trinajstić information content (AvgIpc) is 1.63. The first-order chi connectivity index (χ1) is 4.06.